The van der Waals surface area contributed by atoms with Crippen molar-refractivity contribution in [1.82, 2.24) is 19.4 Å². The van der Waals surface area contributed by atoms with Gasteiger partial charge in [0.2, 0.25) is 0 Å². The molecule has 184 valence electrons. The molecule has 3 atom stereocenters. The number of aromatic nitrogens is 3. The number of halogens is 1. The van der Waals surface area contributed by atoms with Crippen LogP contribution in [0.5, 0.6) is 0 Å². The van der Waals surface area contributed by atoms with Crippen molar-refractivity contribution in [2.75, 3.05) is 34.6 Å². The minimum absolute atomic E-state index is 0.126. The summed E-state index contributed by atoms with van der Waals surface area (Å²) in [7, 11) is 3.57. The summed E-state index contributed by atoms with van der Waals surface area (Å²) in [5.41, 5.74) is 0.793. The van der Waals surface area contributed by atoms with E-state index in [1.807, 2.05) is 25.2 Å². The number of hydrogen-bond acceptors (Lipinski definition) is 7. The summed E-state index contributed by atoms with van der Waals surface area (Å²) in [5.74, 6) is 0.639. The van der Waals surface area contributed by atoms with Gasteiger partial charge in [-0.15, -0.1) is 0 Å². The SMILES string of the molecule is COCO[C@@H]1C[C@H](n2cc(I)c3c(N=CN(C)C)ncnc32)O[C@@H]1CO[Si](C)(C)C(C)(C)C. The van der Waals surface area contributed by atoms with Crippen LogP contribution in [-0.2, 0) is 18.6 Å². The van der Waals surface area contributed by atoms with Gasteiger partial charge in [0.1, 0.15) is 31.1 Å². The summed E-state index contributed by atoms with van der Waals surface area (Å²) in [5, 5.41) is 1.04. The van der Waals surface area contributed by atoms with Crippen molar-refractivity contribution >= 4 is 54.1 Å². The Morgan fingerprint density at radius 3 is 2.70 bits per heavy atom. The molecule has 3 heterocycles. The highest BCUT2D eigenvalue weighted by molar-refractivity contribution is 14.1. The second-order valence-electron chi connectivity index (χ2n) is 10.0. The Hall–Kier alpha value is -1.12. The number of rotatable bonds is 9. The number of nitrogens with zero attached hydrogens (tertiary/aromatic N) is 5. The smallest absolute Gasteiger partial charge is 0.192 e. The lowest BCUT2D eigenvalue weighted by atomic mass is 10.2. The van der Waals surface area contributed by atoms with Gasteiger partial charge in [0, 0.05) is 37.4 Å². The fraction of sp³-hybridized carbons (Fsp3) is 0.682. The molecule has 0 unspecified atom stereocenters. The third-order valence-electron chi connectivity index (χ3n) is 6.26. The molecule has 0 amide bonds. The van der Waals surface area contributed by atoms with Crippen molar-refractivity contribution in [3.05, 3.63) is 16.1 Å². The van der Waals surface area contributed by atoms with Crippen LogP contribution in [0.25, 0.3) is 11.0 Å². The Morgan fingerprint density at radius 1 is 1.33 bits per heavy atom. The van der Waals surface area contributed by atoms with Crippen LogP contribution in [0.3, 0.4) is 0 Å². The topological polar surface area (TPSA) is 83.2 Å². The van der Waals surface area contributed by atoms with Crippen LogP contribution in [0.1, 0.15) is 33.4 Å². The minimum atomic E-state index is -1.92. The first-order valence-electron chi connectivity index (χ1n) is 11.1. The maximum atomic E-state index is 6.49. The zero-order valence-corrected chi connectivity index (χ0v) is 24.0. The molecule has 9 nitrogen and oxygen atoms in total. The lowest BCUT2D eigenvalue weighted by Crippen LogP contribution is -2.44. The molecular formula is C22H36IN5O4Si. The molecule has 0 aliphatic carbocycles. The Bertz CT molecular complexity index is 976. The fourth-order valence-corrected chi connectivity index (χ4v) is 5.17. The summed E-state index contributed by atoms with van der Waals surface area (Å²) in [6.45, 7) is 11.9. The van der Waals surface area contributed by atoms with Crippen LogP contribution in [-0.4, -0.2) is 80.9 Å². The number of methoxy groups -OCH3 is 1. The van der Waals surface area contributed by atoms with E-state index in [0.717, 1.165) is 14.6 Å². The molecule has 1 aliphatic heterocycles. The third-order valence-corrected chi connectivity index (χ3v) is 11.6. The van der Waals surface area contributed by atoms with Gasteiger partial charge >= 0.3 is 0 Å². The Kier molecular flexibility index (Phi) is 8.54. The lowest BCUT2D eigenvalue weighted by Gasteiger charge is -2.37. The van der Waals surface area contributed by atoms with Gasteiger partial charge < -0.3 is 28.1 Å². The van der Waals surface area contributed by atoms with Crippen molar-refractivity contribution in [1.29, 1.82) is 0 Å². The Morgan fingerprint density at radius 2 is 2.06 bits per heavy atom. The first-order valence-corrected chi connectivity index (χ1v) is 15.0. The van der Waals surface area contributed by atoms with Crippen molar-refractivity contribution < 1.29 is 18.6 Å². The van der Waals surface area contributed by atoms with E-state index in [2.05, 4.69) is 76.0 Å². The Balaban J connectivity index is 1.86. The second kappa shape index (κ2) is 10.6. The van der Waals surface area contributed by atoms with Gasteiger partial charge in [-0.2, -0.15) is 0 Å². The van der Waals surface area contributed by atoms with Gasteiger partial charge in [0.05, 0.1) is 24.4 Å². The van der Waals surface area contributed by atoms with E-state index < -0.39 is 8.32 Å². The molecule has 2 aromatic heterocycles. The molecule has 0 radical (unpaired) electrons. The van der Waals surface area contributed by atoms with E-state index in [9.17, 15) is 0 Å². The molecule has 0 saturated carbocycles. The summed E-state index contributed by atoms with van der Waals surface area (Å²) in [6.07, 6.45) is 5.45. The predicted octanol–water partition coefficient (Wildman–Crippen LogP) is 4.56. The Labute approximate surface area is 211 Å². The molecule has 0 bridgehead atoms. The number of hydrogen-bond donors (Lipinski definition) is 0. The highest BCUT2D eigenvalue weighted by atomic mass is 127. The molecular weight excluding hydrogens is 553 g/mol. The zero-order valence-electron chi connectivity index (χ0n) is 20.8. The van der Waals surface area contributed by atoms with Gasteiger partial charge in [0.25, 0.3) is 0 Å². The monoisotopic (exact) mass is 589 g/mol. The van der Waals surface area contributed by atoms with E-state index in [1.165, 1.54) is 0 Å². The van der Waals surface area contributed by atoms with Crippen LogP contribution in [0.15, 0.2) is 17.5 Å². The maximum Gasteiger partial charge on any atom is 0.192 e. The van der Waals surface area contributed by atoms with Gasteiger partial charge in [-0.05, 0) is 40.7 Å². The summed E-state index contributed by atoms with van der Waals surface area (Å²) in [6, 6.07) is 0. The molecule has 0 N–H and O–H groups in total. The second-order valence-corrected chi connectivity index (χ2v) is 16.0. The lowest BCUT2D eigenvalue weighted by molar-refractivity contribution is -0.106. The van der Waals surface area contributed by atoms with Crippen molar-refractivity contribution in [3.8, 4) is 0 Å². The van der Waals surface area contributed by atoms with E-state index in [0.29, 0.717) is 18.8 Å². The highest BCUT2D eigenvalue weighted by Crippen LogP contribution is 2.39. The fourth-order valence-electron chi connectivity index (χ4n) is 3.37. The van der Waals surface area contributed by atoms with Gasteiger partial charge in [-0.25, -0.2) is 15.0 Å². The van der Waals surface area contributed by atoms with Crippen molar-refractivity contribution in [2.45, 2.75) is 63.8 Å². The first-order chi connectivity index (χ1) is 15.4. The molecule has 2 aromatic rings. The summed E-state index contributed by atoms with van der Waals surface area (Å²) < 4.78 is 27.2. The normalized spacial score (nSPS) is 22.0. The summed E-state index contributed by atoms with van der Waals surface area (Å²) in [4.78, 5) is 15.3. The maximum absolute atomic E-state index is 6.49. The van der Waals surface area contributed by atoms with E-state index in [4.69, 9.17) is 18.6 Å². The molecule has 33 heavy (non-hydrogen) atoms. The number of ether oxygens (including phenoxy) is 3. The average Bonchev–Trinajstić information content (AvgIpc) is 3.29. The van der Waals surface area contributed by atoms with Crippen molar-refractivity contribution in [2.24, 2.45) is 4.99 Å². The van der Waals surface area contributed by atoms with Crippen LogP contribution in [0.2, 0.25) is 18.1 Å². The van der Waals surface area contributed by atoms with E-state index in [1.54, 1.807) is 19.8 Å². The first kappa shape index (κ1) is 26.5. The van der Waals surface area contributed by atoms with Crippen LogP contribution < -0.4 is 0 Å². The van der Waals surface area contributed by atoms with Gasteiger partial charge in [-0.1, -0.05) is 20.8 Å². The number of fused-ring (bicyclic) bond motifs is 1. The van der Waals surface area contributed by atoms with E-state index >= 15 is 0 Å². The van der Waals surface area contributed by atoms with E-state index in [-0.39, 0.29) is 30.3 Å². The van der Waals surface area contributed by atoms with Gasteiger partial charge in [0.15, 0.2) is 14.1 Å². The quantitative estimate of drug-likeness (QED) is 0.140. The third kappa shape index (κ3) is 6.12. The van der Waals surface area contributed by atoms with Crippen molar-refractivity contribution in [3.63, 3.8) is 0 Å². The molecule has 1 fully saturated rings. The molecule has 3 rings (SSSR count). The molecule has 1 aliphatic rings. The highest BCUT2D eigenvalue weighted by Gasteiger charge is 2.42. The van der Waals surface area contributed by atoms with Crippen LogP contribution in [0, 0.1) is 3.57 Å². The summed E-state index contributed by atoms with van der Waals surface area (Å²) >= 11 is 2.30. The molecule has 1 saturated heterocycles. The zero-order chi connectivity index (χ0) is 24.4. The molecule has 0 aromatic carbocycles. The average molecular weight is 590 g/mol. The van der Waals surface area contributed by atoms with Crippen LogP contribution in [0.4, 0.5) is 5.82 Å². The van der Waals surface area contributed by atoms with Crippen LogP contribution >= 0.6 is 22.6 Å². The number of aliphatic imine (C=N–C) groups is 1. The molecule has 11 heteroatoms. The standard InChI is InChI=1S/C22H36IN5O4Si/c1-22(2,3)33(7,8)31-11-17-16(30-14-29-6)9-18(32-17)28-10-15(23)19-20(26-13-27(4)5)24-12-25-21(19)28/h10,12-13,16-18H,9,11,14H2,1-8H3/t16-,17-,18-/m1/s1. The van der Waals surface area contributed by atoms with Gasteiger partial charge in [-0.3, -0.25) is 0 Å². The predicted molar refractivity (Wildman–Crippen MR) is 141 cm³/mol. The molecule has 0 spiro atoms. The largest absolute Gasteiger partial charge is 0.414 e. The minimum Gasteiger partial charge on any atom is -0.414 e.